The number of nitrogens with one attached hydrogen (secondary N) is 2. The van der Waals surface area contributed by atoms with Crippen LogP contribution >= 0.6 is 22.7 Å². The molecular formula is C16H14N4O3S2. The van der Waals surface area contributed by atoms with Gasteiger partial charge in [0.2, 0.25) is 0 Å². The SMILES string of the molecule is O=C(NCCNc1ccccc1[N+](=O)[O-])c1csc(-c2ccsc2)n1. The van der Waals surface area contributed by atoms with Crippen LogP contribution in [0.15, 0.2) is 46.5 Å². The summed E-state index contributed by atoms with van der Waals surface area (Å²) in [4.78, 5) is 26.9. The second-order valence-electron chi connectivity index (χ2n) is 5.01. The molecule has 2 heterocycles. The van der Waals surface area contributed by atoms with Crippen molar-refractivity contribution in [1.82, 2.24) is 10.3 Å². The first-order valence-electron chi connectivity index (χ1n) is 7.39. The monoisotopic (exact) mass is 374 g/mol. The van der Waals surface area contributed by atoms with Gasteiger partial charge in [0.25, 0.3) is 11.6 Å². The van der Waals surface area contributed by atoms with E-state index in [9.17, 15) is 14.9 Å². The number of hydrogen-bond donors (Lipinski definition) is 2. The zero-order valence-corrected chi connectivity index (χ0v) is 14.6. The summed E-state index contributed by atoms with van der Waals surface area (Å²) < 4.78 is 0. The number of nitrogens with zero attached hydrogens (tertiary/aromatic N) is 2. The van der Waals surface area contributed by atoms with Crippen LogP contribution in [-0.4, -0.2) is 28.9 Å². The Morgan fingerprint density at radius 3 is 2.80 bits per heavy atom. The minimum absolute atomic E-state index is 0.00809. The molecule has 0 radical (unpaired) electrons. The molecule has 0 aliphatic heterocycles. The topological polar surface area (TPSA) is 97.2 Å². The fraction of sp³-hybridized carbons (Fsp3) is 0.125. The van der Waals surface area contributed by atoms with Gasteiger partial charge in [0.05, 0.1) is 4.92 Å². The number of carbonyl (C=O) groups excluding carboxylic acids is 1. The lowest BCUT2D eigenvalue weighted by Gasteiger charge is -2.07. The fourth-order valence-corrected chi connectivity index (χ4v) is 3.66. The maximum atomic E-state index is 12.1. The highest BCUT2D eigenvalue weighted by atomic mass is 32.1. The molecule has 7 nitrogen and oxygen atoms in total. The number of aromatic nitrogens is 1. The summed E-state index contributed by atoms with van der Waals surface area (Å²) in [6.45, 7) is 0.703. The zero-order chi connectivity index (χ0) is 17.6. The number of carbonyl (C=O) groups is 1. The number of nitro groups is 1. The molecule has 0 bridgehead atoms. The lowest BCUT2D eigenvalue weighted by atomic mass is 10.2. The first-order chi connectivity index (χ1) is 12.1. The van der Waals surface area contributed by atoms with Crippen LogP contribution in [0.5, 0.6) is 0 Å². The van der Waals surface area contributed by atoms with Crippen LogP contribution in [0.25, 0.3) is 10.6 Å². The molecule has 9 heteroatoms. The third kappa shape index (κ3) is 4.20. The lowest BCUT2D eigenvalue weighted by Crippen LogP contribution is -2.29. The van der Waals surface area contributed by atoms with Crippen molar-refractivity contribution < 1.29 is 9.72 Å². The maximum Gasteiger partial charge on any atom is 0.292 e. The minimum Gasteiger partial charge on any atom is -0.378 e. The van der Waals surface area contributed by atoms with Crippen LogP contribution < -0.4 is 10.6 Å². The molecule has 0 unspecified atom stereocenters. The third-order valence-electron chi connectivity index (χ3n) is 3.33. The van der Waals surface area contributed by atoms with Crippen LogP contribution in [0, 0.1) is 10.1 Å². The summed E-state index contributed by atoms with van der Waals surface area (Å²) in [5, 5.41) is 23.1. The van der Waals surface area contributed by atoms with E-state index < -0.39 is 4.92 Å². The number of amides is 1. The van der Waals surface area contributed by atoms with Crippen LogP contribution in [-0.2, 0) is 0 Å². The number of anilines is 1. The Hall–Kier alpha value is -2.78. The smallest absolute Gasteiger partial charge is 0.292 e. The van der Waals surface area contributed by atoms with E-state index in [0.717, 1.165) is 10.6 Å². The summed E-state index contributed by atoms with van der Waals surface area (Å²) in [5.74, 6) is -0.262. The van der Waals surface area contributed by atoms with Crippen molar-refractivity contribution in [2.45, 2.75) is 0 Å². The van der Waals surface area contributed by atoms with Crippen molar-refractivity contribution in [2.75, 3.05) is 18.4 Å². The predicted molar refractivity (Wildman–Crippen MR) is 99.3 cm³/mol. The summed E-state index contributed by atoms with van der Waals surface area (Å²) in [5.41, 5.74) is 1.81. The Morgan fingerprint density at radius 2 is 2.04 bits per heavy atom. The van der Waals surface area contributed by atoms with Gasteiger partial charge in [0, 0.05) is 35.5 Å². The minimum atomic E-state index is -0.442. The Labute approximate surface area is 151 Å². The fourth-order valence-electron chi connectivity index (χ4n) is 2.14. The molecular weight excluding hydrogens is 360 g/mol. The molecule has 0 atom stereocenters. The largest absolute Gasteiger partial charge is 0.378 e. The molecule has 1 aromatic carbocycles. The quantitative estimate of drug-likeness (QED) is 0.374. The van der Waals surface area contributed by atoms with Gasteiger partial charge in [-0.3, -0.25) is 14.9 Å². The van der Waals surface area contributed by atoms with E-state index in [4.69, 9.17) is 0 Å². The average Bonchev–Trinajstić information content (AvgIpc) is 3.29. The molecule has 0 saturated heterocycles. The van der Waals surface area contributed by atoms with E-state index in [1.807, 2.05) is 16.8 Å². The molecule has 3 rings (SSSR count). The van der Waals surface area contributed by atoms with E-state index in [1.165, 1.54) is 17.4 Å². The molecule has 0 aliphatic rings. The molecule has 0 saturated carbocycles. The third-order valence-corrected chi connectivity index (χ3v) is 4.91. The van der Waals surface area contributed by atoms with Crippen molar-refractivity contribution in [2.24, 2.45) is 0 Å². The number of rotatable bonds is 7. The molecule has 2 aromatic heterocycles. The summed E-state index contributed by atoms with van der Waals surface area (Å²) in [7, 11) is 0. The van der Waals surface area contributed by atoms with Crippen molar-refractivity contribution in [1.29, 1.82) is 0 Å². The van der Waals surface area contributed by atoms with E-state index in [1.54, 1.807) is 34.9 Å². The van der Waals surface area contributed by atoms with E-state index in [-0.39, 0.29) is 11.6 Å². The van der Waals surface area contributed by atoms with Gasteiger partial charge in [-0.25, -0.2) is 4.98 Å². The summed E-state index contributed by atoms with van der Waals surface area (Å²) >= 11 is 3.00. The van der Waals surface area contributed by atoms with Gasteiger partial charge in [-0.15, -0.1) is 11.3 Å². The number of nitro benzene ring substituents is 1. The summed E-state index contributed by atoms with van der Waals surface area (Å²) in [6.07, 6.45) is 0. The van der Waals surface area contributed by atoms with Gasteiger partial charge in [-0.1, -0.05) is 12.1 Å². The molecule has 0 aliphatic carbocycles. The Morgan fingerprint density at radius 1 is 1.20 bits per heavy atom. The van der Waals surface area contributed by atoms with Crippen LogP contribution in [0.2, 0.25) is 0 Å². The van der Waals surface area contributed by atoms with Crippen molar-refractivity contribution in [3.63, 3.8) is 0 Å². The molecule has 1 amide bonds. The molecule has 0 fully saturated rings. The van der Waals surface area contributed by atoms with Gasteiger partial charge in [-0.05, 0) is 17.5 Å². The highest BCUT2D eigenvalue weighted by molar-refractivity contribution is 7.14. The van der Waals surface area contributed by atoms with Gasteiger partial charge in [0.15, 0.2) is 0 Å². The highest BCUT2D eigenvalue weighted by Gasteiger charge is 2.13. The van der Waals surface area contributed by atoms with Gasteiger partial charge in [-0.2, -0.15) is 11.3 Å². The van der Waals surface area contributed by atoms with Gasteiger partial charge < -0.3 is 10.6 Å². The molecule has 25 heavy (non-hydrogen) atoms. The number of thiophene rings is 1. The van der Waals surface area contributed by atoms with Crippen LogP contribution in [0.1, 0.15) is 10.5 Å². The van der Waals surface area contributed by atoms with E-state index in [0.29, 0.717) is 24.5 Å². The standard InChI is InChI=1S/C16H14N4O3S2/c21-15(13-10-25-16(19-13)11-5-8-24-9-11)18-7-6-17-12-3-1-2-4-14(12)20(22)23/h1-5,8-10,17H,6-7H2,(H,18,21). The number of hydrogen-bond acceptors (Lipinski definition) is 7. The highest BCUT2D eigenvalue weighted by Crippen LogP contribution is 2.25. The summed E-state index contributed by atoms with van der Waals surface area (Å²) in [6, 6.07) is 8.35. The first kappa shape index (κ1) is 17.1. The Balaban J connectivity index is 1.51. The first-order valence-corrected chi connectivity index (χ1v) is 9.21. The number of thiazole rings is 1. The van der Waals surface area contributed by atoms with E-state index >= 15 is 0 Å². The van der Waals surface area contributed by atoms with Crippen LogP contribution in [0.4, 0.5) is 11.4 Å². The zero-order valence-electron chi connectivity index (χ0n) is 13.0. The number of para-hydroxylation sites is 2. The molecule has 2 N–H and O–H groups in total. The lowest BCUT2D eigenvalue weighted by molar-refractivity contribution is -0.384. The van der Waals surface area contributed by atoms with Gasteiger partial charge >= 0.3 is 0 Å². The van der Waals surface area contributed by atoms with Crippen molar-refractivity contribution in [3.05, 3.63) is 62.3 Å². The molecule has 128 valence electrons. The Bertz CT molecular complexity index is 877. The second-order valence-corrected chi connectivity index (χ2v) is 6.64. The molecule has 3 aromatic rings. The van der Waals surface area contributed by atoms with Gasteiger partial charge in [0.1, 0.15) is 16.4 Å². The number of benzene rings is 1. The average molecular weight is 374 g/mol. The normalized spacial score (nSPS) is 10.4. The molecule has 0 spiro atoms. The second kappa shape index (κ2) is 7.86. The maximum absolute atomic E-state index is 12.1. The van der Waals surface area contributed by atoms with Crippen LogP contribution in [0.3, 0.4) is 0 Å². The van der Waals surface area contributed by atoms with Crippen molar-refractivity contribution in [3.8, 4) is 10.6 Å². The Kier molecular flexibility index (Phi) is 5.36. The van der Waals surface area contributed by atoms with E-state index in [2.05, 4.69) is 15.6 Å². The predicted octanol–water partition coefficient (Wildman–Crippen LogP) is 3.62. The van der Waals surface area contributed by atoms with Crippen molar-refractivity contribution >= 4 is 40.0 Å².